The molecule has 0 spiro atoms. The zero-order valence-electron chi connectivity index (χ0n) is 20.5. The molecular weight excluding hydrogens is 517 g/mol. The molecule has 3 aromatic carbocycles. The molecule has 0 unspecified atom stereocenters. The fourth-order valence-corrected chi connectivity index (χ4v) is 4.54. The van der Waals surface area contributed by atoms with Crippen molar-refractivity contribution < 1.29 is 32.3 Å². The van der Waals surface area contributed by atoms with E-state index < -0.39 is 29.5 Å². The number of rotatable bonds is 8. The third-order valence-electron chi connectivity index (χ3n) is 5.54. The number of hydrogen-bond acceptors (Lipinski definition) is 6. The van der Waals surface area contributed by atoms with Crippen molar-refractivity contribution in [1.29, 1.82) is 0 Å². The van der Waals surface area contributed by atoms with E-state index in [1.807, 2.05) is 26.0 Å². The summed E-state index contributed by atoms with van der Waals surface area (Å²) in [6, 6.07) is 17.4. The second kappa shape index (κ2) is 11.1. The Morgan fingerprint density at radius 2 is 1.66 bits per heavy atom. The number of amides is 2. The van der Waals surface area contributed by atoms with Gasteiger partial charge in [0.05, 0.1) is 23.4 Å². The first kappa shape index (κ1) is 27.0. The molecule has 6 nitrogen and oxygen atoms in total. The summed E-state index contributed by atoms with van der Waals surface area (Å²) >= 11 is 1.03. The van der Waals surface area contributed by atoms with Gasteiger partial charge in [-0.25, -0.2) is 9.69 Å². The summed E-state index contributed by atoms with van der Waals surface area (Å²) in [5, 5.41) is 2.74. The molecule has 0 bridgehead atoms. The second-order valence-corrected chi connectivity index (χ2v) is 9.54. The average Bonchev–Trinajstić information content (AvgIpc) is 3.12. The number of imide groups is 1. The van der Waals surface area contributed by atoms with E-state index in [1.54, 1.807) is 12.1 Å². The van der Waals surface area contributed by atoms with Gasteiger partial charge in [-0.15, -0.1) is 0 Å². The van der Waals surface area contributed by atoms with E-state index in [2.05, 4.69) is 5.32 Å². The molecular formula is C28H23F3N2O4S. The van der Waals surface area contributed by atoms with Gasteiger partial charge < -0.3 is 10.1 Å². The molecule has 196 valence electrons. The summed E-state index contributed by atoms with van der Waals surface area (Å²) in [5.74, 6) is -1.90. The summed E-state index contributed by atoms with van der Waals surface area (Å²) in [4.78, 5) is 40.7. The fraction of sp³-hybridized carbons (Fsp3) is 0.179. The van der Waals surface area contributed by atoms with Crippen LogP contribution in [0.3, 0.4) is 0 Å². The summed E-state index contributed by atoms with van der Waals surface area (Å²) in [6.07, 6.45) is -3.91. The lowest BCUT2D eigenvalue weighted by atomic mass is 10.2. The molecule has 0 radical (unpaired) electrons. The second-order valence-electron chi connectivity index (χ2n) is 8.45. The quantitative estimate of drug-likeness (QED) is 0.257. The van der Waals surface area contributed by atoms with Crippen molar-refractivity contribution in [3.05, 3.63) is 100 Å². The van der Waals surface area contributed by atoms with Gasteiger partial charge in [0.25, 0.3) is 11.8 Å². The largest absolute Gasteiger partial charge is 0.462 e. The van der Waals surface area contributed by atoms with E-state index in [-0.39, 0.29) is 34.1 Å². The van der Waals surface area contributed by atoms with Gasteiger partial charge in [-0.05, 0) is 67.9 Å². The number of anilines is 2. The number of nitrogens with one attached hydrogen (secondary N) is 1. The minimum absolute atomic E-state index is 0.00819. The zero-order chi connectivity index (χ0) is 27.4. The number of carbonyl (C=O) groups is 3. The van der Waals surface area contributed by atoms with Gasteiger partial charge in [0, 0.05) is 10.6 Å². The molecule has 1 aliphatic heterocycles. The number of esters is 1. The molecule has 0 aliphatic carbocycles. The van der Waals surface area contributed by atoms with Gasteiger partial charge in [-0.1, -0.05) is 42.4 Å². The minimum atomic E-state index is -4.58. The molecule has 1 N–H and O–H groups in total. The molecule has 0 fully saturated rings. The molecule has 1 heterocycles. The lowest BCUT2D eigenvalue weighted by molar-refractivity contribution is -0.137. The monoisotopic (exact) mass is 540 g/mol. The number of alkyl halides is 3. The number of carbonyl (C=O) groups excluding carboxylic acids is 3. The van der Waals surface area contributed by atoms with Crippen molar-refractivity contribution in [2.75, 3.05) is 16.8 Å². The number of hydrogen-bond donors (Lipinski definition) is 1. The van der Waals surface area contributed by atoms with Crippen molar-refractivity contribution in [3.63, 3.8) is 0 Å². The molecule has 1 aliphatic rings. The van der Waals surface area contributed by atoms with Crippen LogP contribution < -0.4 is 10.2 Å². The third-order valence-corrected chi connectivity index (χ3v) is 6.63. The van der Waals surface area contributed by atoms with Crippen LogP contribution >= 0.6 is 11.8 Å². The van der Waals surface area contributed by atoms with Gasteiger partial charge in [-0.2, -0.15) is 13.2 Å². The number of benzene rings is 3. The maximum atomic E-state index is 13.5. The van der Waals surface area contributed by atoms with E-state index in [9.17, 15) is 27.6 Å². The lowest BCUT2D eigenvalue weighted by Gasteiger charge is -2.16. The van der Waals surface area contributed by atoms with Gasteiger partial charge in [0.1, 0.15) is 10.6 Å². The highest BCUT2D eigenvalue weighted by molar-refractivity contribution is 8.04. The number of ether oxygens (including phenoxy) is 1. The Hall–Kier alpha value is -4.05. The first-order valence-corrected chi connectivity index (χ1v) is 12.5. The maximum absolute atomic E-state index is 13.5. The number of aryl methyl sites for hydroxylation is 1. The van der Waals surface area contributed by atoms with E-state index in [1.165, 1.54) is 36.4 Å². The van der Waals surface area contributed by atoms with Crippen LogP contribution in [0.2, 0.25) is 0 Å². The molecule has 38 heavy (non-hydrogen) atoms. The normalized spacial score (nSPS) is 13.8. The maximum Gasteiger partial charge on any atom is 0.416 e. The van der Waals surface area contributed by atoms with Crippen LogP contribution in [-0.4, -0.2) is 24.4 Å². The minimum Gasteiger partial charge on any atom is -0.462 e. The van der Waals surface area contributed by atoms with E-state index in [0.29, 0.717) is 11.3 Å². The molecule has 4 rings (SSSR count). The molecule has 0 aromatic heterocycles. The molecule has 10 heteroatoms. The Bertz CT molecular complexity index is 1400. The predicted molar refractivity (Wildman–Crippen MR) is 139 cm³/mol. The number of thioether (sulfide) groups is 1. The molecule has 2 amide bonds. The van der Waals surface area contributed by atoms with Crippen molar-refractivity contribution >= 4 is 40.9 Å². The summed E-state index contributed by atoms with van der Waals surface area (Å²) in [6.45, 7) is 4.03. The summed E-state index contributed by atoms with van der Waals surface area (Å²) in [7, 11) is 0. The lowest BCUT2D eigenvalue weighted by Crippen LogP contribution is -2.32. The van der Waals surface area contributed by atoms with E-state index in [0.717, 1.165) is 34.4 Å². The highest BCUT2D eigenvalue weighted by Crippen LogP contribution is 2.38. The van der Waals surface area contributed by atoms with E-state index >= 15 is 0 Å². The molecule has 0 saturated carbocycles. The summed E-state index contributed by atoms with van der Waals surface area (Å²) in [5.41, 5.74) is 0.426. The van der Waals surface area contributed by atoms with Gasteiger partial charge in [0.15, 0.2) is 0 Å². The highest BCUT2D eigenvalue weighted by atomic mass is 32.2. The Kier molecular flexibility index (Phi) is 7.91. The topological polar surface area (TPSA) is 75.7 Å². The van der Waals surface area contributed by atoms with Crippen LogP contribution in [0.15, 0.2) is 88.3 Å². The fourth-order valence-electron chi connectivity index (χ4n) is 3.62. The van der Waals surface area contributed by atoms with E-state index in [4.69, 9.17) is 4.74 Å². The molecule has 3 aromatic rings. The van der Waals surface area contributed by atoms with Gasteiger partial charge in [-0.3, -0.25) is 9.59 Å². The highest BCUT2D eigenvalue weighted by Gasteiger charge is 2.40. The third kappa shape index (κ3) is 5.91. The van der Waals surface area contributed by atoms with Crippen LogP contribution in [0.25, 0.3) is 0 Å². The predicted octanol–water partition coefficient (Wildman–Crippen LogP) is 6.57. The van der Waals surface area contributed by atoms with Gasteiger partial charge in [0.2, 0.25) is 0 Å². The SMILES string of the molecule is CCCOC(=O)c1ccc(N2C(=O)C(Nc3cccc(C(F)(F)F)c3)=C(Sc3ccc(C)cc3)C2=O)cc1. The Balaban J connectivity index is 1.68. The number of halogens is 3. The first-order valence-electron chi connectivity index (χ1n) is 11.7. The zero-order valence-corrected chi connectivity index (χ0v) is 21.3. The smallest absolute Gasteiger partial charge is 0.416 e. The average molecular weight is 541 g/mol. The van der Waals surface area contributed by atoms with Crippen LogP contribution in [0, 0.1) is 6.92 Å². The summed E-state index contributed by atoms with van der Waals surface area (Å²) < 4.78 is 44.9. The Morgan fingerprint density at radius 1 is 0.974 bits per heavy atom. The number of nitrogens with zero attached hydrogens (tertiary/aromatic N) is 1. The van der Waals surface area contributed by atoms with Crippen LogP contribution in [0.1, 0.15) is 34.8 Å². The first-order chi connectivity index (χ1) is 18.1. The van der Waals surface area contributed by atoms with Crippen molar-refractivity contribution in [2.24, 2.45) is 0 Å². The van der Waals surface area contributed by atoms with Crippen molar-refractivity contribution in [1.82, 2.24) is 0 Å². The standard InChI is InChI=1S/C28H23F3N2O4S/c1-3-15-37-27(36)18-9-11-21(12-10-18)33-25(34)23(32-20-6-4-5-19(16-20)28(29,30)31)24(26(33)35)38-22-13-7-17(2)8-14-22/h4-14,16,32H,3,15H2,1-2H3. The van der Waals surface area contributed by atoms with Gasteiger partial charge >= 0.3 is 12.1 Å². The van der Waals surface area contributed by atoms with Crippen molar-refractivity contribution in [3.8, 4) is 0 Å². The Morgan fingerprint density at radius 3 is 2.29 bits per heavy atom. The van der Waals surface area contributed by atoms with Crippen molar-refractivity contribution in [2.45, 2.75) is 31.3 Å². The van der Waals surface area contributed by atoms with Crippen LogP contribution in [-0.2, 0) is 20.5 Å². The Labute approximate surface area is 221 Å². The van der Waals surface area contributed by atoms with Crippen LogP contribution in [0.5, 0.6) is 0 Å². The molecule has 0 atom stereocenters. The molecule has 0 saturated heterocycles. The van der Waals surface area contributed by atoms with Crippen LogP contribution in [0.4, 0.5) is 24.5 Å².